The molecule has 34 heavy (non-hydrogen) atoms. The van der Waals surface area contributed by atoms with Gasteiger partial charge in [0.15, 0.2) is 0 Å². The number of nitrogens with one attached hydrogen (secondary N) is 2. The van der Waals surface area contributed by atoms with Crippen LogP contribution in [-0.4, -0.2) is 82.9 Å². The Morgan fingerprint density at radius 2 is 1.41 bits per heavy atom. The van der Waals surface area contributed by atoms with Crippen molar-refractivity contribution >= 4 is 47.2 Å². The molecule has 0 radical (unpaired) electrons. The second-order valence-electron chi connectivity index (χ2n) is 7.08. The monoisotopic (exact) mass is 488 g/mol. The number of imide groups is 2. The number of nitrogens with zero attached hydrogens (tertiary/aromatic N) is 2. The Labute approximate surface area is 203 Å². The zero-order valence-electron chi connectivity index (χ0n) is 19.0. The molecule has 2 aliphatic rings. The Hall–Kier alpha value is -3.57. The number of likely N-dealkylation sites (tertiary alicyclic amines) is 1. The summed E-state index contributed by atoms with van der Waals surface area (Å²) >= 11 is 1.36. The fourth-order valence-corrected chi connectivity index (χ4v) is 3.51. The van der Waals surface area contributed by atoms with Gasteiger partial charge >= 0.3 is 0 Å². The van der Waals surface area contributed by atoms with Crippen molar-refractivity contribution in [3.63, 3.8) is 0 Å². The topological polar surface area (TPSA) is 133 Å². The molecule has 0 aliphatic carbocycles. The molecule has 2 N–H and O–H groups in total. The van der Waals surface area contributed by atoms with Gasteiger partial charge in [0.1, 0.15) is 0 Å². The number of carbonyl (C=O) groups is 6. The SMILES string of the molecule is C#CCCNC(=O)CCN1C(=O)C=CC1=O.C#CCCNC(=O)CCN1C(=O)CC(SC)C1=O. The Balaban J connectivity index is 0.000000342. The molecule has 1 unspecified atom stereocenters. The number of amides is 6. The average Bonchev–Trinajstić information content (AvgIpc) is 3.28. The molecule has 0 saturated carbocycles. The molecule has 0 aromatic carbocycles. The normalized spacial score (nSPS) is 16.6. The Kier molecular flexibility index (Phi) is 12.8. The molecule has 11 heteroatoms. The first kappa shape index (κ1) is 28.5. The van der Waals surface area contributed by atoms with Gasteiger partial charge < -0.3 is 10.6 Å². The van der Waals surface area contributed by atoms with E-state index in [0.29, 0.717) is 25.9 Å². The fraction of sp³-hybridized carbons (Fsp3) is 0.478. The van der Waals surface area contributed by atoms with Crippen LogP contribution in [-0.2, 0) is 28.8 Å². The average molecular weight is 489 g/mol. The van der Waals surface area contributed by atoms with Gasteiger partial charge in [0, 0.05) is 70.4 Å². The third kappa shape index (κ3) is 9.51. The molecule has 10 nitrogen and oxygen atoms in total. The summed E-state index contributed by atoms with van der Waals surface area (Å²) in [5.74, 6) is 3.25. The van der Waals surface area contributed by atoms with Gasteiger partial charge in [-0.1, -0.05) is 0 Å². The van der Waals surface area contributed by atoms with Crippen LogP contribution >= 0.6 is 11.8 Å². The molecule has 6 amide bonds. The lowest BCUT2D eigenvalue weighted by molar-refractivity contribution is -0.140. The minimum absolute atomic E-state index is 0.101. The van der Waals surface area contributed by atoms with E-state index in [2.05, 4.69) is 22.5 Å². The lowest BCUT2D eigenvalue weighted by Gasteiger charge is -2.14. The van der Waals surface area contributed by atoms with Crippen molar-refractivity contribution in [1.29, 1.82) is 0 Å². The van der Waals surface area contributed by atoms with E-state index in [1.807, 2.05) is 0 Å². The quantitative estimate of drug-likeness (QED) is 0.226. The second kappa shape index (κ2) is 15.3. The lowest BCUT2D eigenvalue weighted by atomic mass is 10.3. The summed E-state index contributed by atoms with van der Waals surface area (Å²) in [6, 6.07) is 0. The van der Waals surface area contributed by atoms with E-state index in [4.69, 9.17) is 12.8 Å². The van der Waals surface area contributed by atoms with Crippen LogP contribution in [0.25, 0.3) is 0 Å². The van der Waals surface area contributed by atoms with Crippen molar-refractivity contribution in [3.8, 4) is 24.7 Å². The number of hydrogen-bond donors (Lipinski definition) is 2. The summed E-state index contributed by atoms with van der Waals surface area (Å²) in [5.41, 5.74) is 0. The van der Waals surface area contributed by atoms with Gasteiger partial charge in [0.25, 0.3) is 11.8 Å². The molecular weight excluding hydrogens is 460 g/mol. The summed E-state index contributed by atoms with van der Waals surface area (Å²) in [6.45, 7) is 1.09. The van der Waals surface area contributed by atoms with Gasteiger partial charge in [-0.25, -0.2) is 0 Å². The maximum atomic E-state index is 11.7. The van der Waals surface area contributed by atoms with Crippen LogP contribution in [0, 0.1) is 24.7 Å². The Morgan fingerprint density at radius 1 is 0.941 bits per heavy atom. The van der Waals surface area contributed by atoms with Gasteiger partial charge in [0.05, 0.1) is 5.25 Å². The zero-order chi connectivity index (χ0) is 25.5. The number of terminal acetylenes is 2. The van der Waals surface area contributed by atoms with E-state index in [0.717, 1.165) is 4.90 Å². The minimum atomic E-state index is -0.374. The van der Waals surface area contributed by atoms with E-state index < -0.39 is 0 Å². The van der Waals surface area contributed by atoms with Crippen molar-refractivity contribution in [2.24, 2.45) is 0 Å². The van der Waals surface area contributed by atoms with Crippen LogP contribution in [0.4, 0.5) is 0 Å². The van der Waals surface area contributed by atoms with Crippen LogP contribution < -0.4 is 10.6 Å². The van der Waals surface area contributed by atoms with Crippen molar-refractivity contribution in [3.05, 3.63) is 12.2 Å². The smallest absolute Gasteiger partial charge is 0.253 e. The highest BCUT2D eigenvalue weighted by atomic mass is 32.2. The molecular formula is C23H28N4O6S. The maximum absolute atomic E-state index is 11.7. The minimum Gasteiger partial charge on any atom is -0.355 e. The Bertz CT molecular complexity index is 899. The van der Waals surface area contributed by atoms with Gasteiger partial charge in [-0.05, 0) is 6.26 Å². The summed E-state index contributed by atoms with van der Waals surface area (Å²) in [5, 5.41) is 4.92. The zero-order valence-corrected chi connectivity index (χ0v) is 19.8. The van der Waals surface area contributed by atoms with E-state index in [9.17, 15) is 28.8 Å². The highest BCUT2D eigenvalue weighted by Gasteiger charge is 2.37. The fourth-order valence-electron chi connectivity index (χ4n) is 2.88. The van der Waals surface area contributed by atoms with Crippen molar-refractivity contribution in [1.82, 2.24) is 20.4 Å². The van der Waals surface area contributed by atoms with Crippen LogP contribution in [0.5, 0.6) is 0 Å². The van der Waals surface area contributed by atoms with Crippen LogP contribution in [0.3, 0.4) is 0 Å². The third-order valence-electron chi connectivity index (χ3n) is 4.70. The van der Waals surface area contributed by atoms with Crippen LogP contribution in [0.2, 0.25) is 0 Å². The summed E-state index contributed by atoms with van der Waals surface area (Å²) in [7, 11) is 0. The lowest BCUT2D eigenvalue weighted by Crippen LogP contribution is -2.35. The first-order valence-electron chi connectivity index (χ1n) is 10.6. The summed E-state index contributed by atoms with van der Waals surface area (Å²) < 4.78 is 0. The predicted octanol–water partition coefficient (Wildman–Crippen LogP) is -0.552. The molecule has 0 spiro atoms. The molecule has 0 aromatic heterocycles. The first-order chi connectivity index (χ1) is 16.2. The molecule has 1 saturated heterocycles. The standard InChI is InChI=1S/C12H16N2O3S.C11H12N2O3/c1-3-4-6-13-10(15)5-7-14-11(16)8-9(18-2)12(14)17;1-2-3-7-12-9(14)6-8-13-10(15)4-5-11(13)16/h1,9H,4-8H2,2H3,(H,13,15);1,4-5H,3,6-8H2,(H,12,14). The third-order valence-corrected chi connectivity index (χ3v) is 5.63. The molecule has 2 aliphatic heterocycles. The van der Waals surface area contributed by atoms with Crippen molar-refractivity contribution < 1.29 is 28.8 Å². The molecule has 182 valence electrons. The van der Waals surface area contributed by atoms with Gasteiger partial charge in [-0.3, -0.25) is 38.6 Å². The molecule has 0 aromatic rings. The van der Waals surface area contributed by atoms with Gasteiger partial charge in [-0.15, -0.1) is 24.7 Å². The number of thioether (sulfide) groups is 1. The number of carbonyl (C=O) groups excluding carboxylic acids is 6. The molecule has 1 atom stereocenters. The van der Waals surface area contributed by atoms with Crippen LogP contribution in [0.1, 0.15) is 32.1 Å². The maximum Gasteiger partial charge on any atom is 0.253 e. The molecule has 0 bridgehead atoms. The molecule has 1 fully saturated rings. The van der Waals surface area contributed by atoms with E-state index in [1.54, 1.807) is 6.26 Å². The largest absolute Gasteiger partial charge is 0.355 e. The molecule has 2 heterocycles. The molecule has 2 rings (SSSR count). The van der Waals surface area contributed by atoms with Crippen molar-refractivity contribution in [2.75, 3.05) is 32.4 Å². The highest BCUT2D eigenvalue weighted by Crippen LogP contribution is 2.22. The first-order valence-corrected chi connectivity index (χ1v) is 11.8. The summed E-state index contributed by atoms with van der Waals surface area (Å²) in [6.07, 6.45) is 15.7. The van der Waals surface area contributed by atoms with Crippen molar-refractivity contribution in [2.45, 2.75) is 37.4 Å². The van der Waals surface area contributed by atoms with Gasteiger partial charge in [0.2, 0.25) is 23.6 Å². The number of hydrogen-bond acceptors (Lipinski definition) is 7. The predicted molar refractivity (Wildman–Crippen MR) is 127 cm³/mol. The van der Waals surface area contributed by atoms with Crippen LogP contribution in [0.15, 0.2) is 12.2 Å². The second-order valence-corrected chi connectivity index (χ2v) is 8.12. The number of rotatable bonds is 11. The highest BCUT2D eigenvalue weighted by molar-refractivity contribution is 8.00. The van der Waals surface area contributed by atoms with E-state index >= 15 is 0 Å². The van der Waals surface area contributed by atoms with E-state index in [1.165, 1.54) is 28.8 Å². The van der Waals surface area contributed by atoms with E-state index in [-0.39, 0.29) is 73.0 Å². The van der Waals surface area contributed by atoms with Gasteiger partial charge in [-0.2, -0.15) is 11.8 Å². The Morgan fingerprint density at radius 3 is 1.82 bits per heavy atom. The summed E-state index contributed by atoms with van der Waals surface area (Å²) in [4.78, 5) is 70.4.